The van der Waals surface area contributed by atoms with Crippen molar-refractivity contribution < 1.29 is 13.2 Å². The normalized spacial score (nSPS) is 11.5. The van der Waals surface area contributed by atoms with Crippen LogP contribution in [0, 0.1) is 0 Å². The molecule has 21 heavy (non-hydrogen) atoms. The van der Waals surface area contributed by atoms with E-state index in [1.165, 1.54) is 0 Å². The van der Waals surface area contributed by atoms with Crippen molar-refractivity contribution in [3.63, 3.8) is 0 Å². The van der Waals surface area contributed by atoms with Gasteiger partial charge in [-0.2, -0.15) is 0 Å². The molecule has 5 heteroatoms. The van der Waals surface area contributed by atoms with Crippen LogP contribution in [-0.4, -0.2) is 44.3 Å². The Morgan fingerprint density at radius 1 is 1.24 bits per heavy atom. The summed E-state index contributed by atoms with van der Waals surface area (Å²) in [6.45, 7) is 4.46. The minimum atomic E-state index is -3.12. The molecule has 0 saturated heterocycles. The van der Waals surface area contributed by atoms with Gasteiger partial charge < -0.3 is 4.90 Å². The number of carbonyl (C=O) groups is 1. The number of hydrogen-bond donors (Lipinski definition) is 0. The third-order valence-corrected chi connectivity index (χ3v) is 3.77. The van der Waals surface area contributed by atoms with Crippen molar-refractivity contribution in [2.24, 2.45) is 0 Å². The minimum absolute atomic E-state index is 0.00580. The first-order valence-corrected chi connectivity index (χ1v) is 8.76. The van der Waals surface area contributed by atoms with E-state index in [1.54, 1.807) is 11.0 Å². The van der Waals surface area contributed by atoms with Crippen LogP contribution in [0.25, 0.3) is 6.08 Å². The van der Waals surface area contributed by atoms with E-state index in [-0.39, 0.29) is 18.1 Å². The summed E-state index contributed by atoms with van der Waals surface area (Å²) in [5.74, 6) is -0.306. The first-order valence-electron chi connectivity index (χ1n) is 6.70. The fourth-order valence-corrected chi connectivity index (χ4v) is 2.29. The molecule has 114 valence electrons. The first-order chi connectivity index (χ1) is 9.92. The fraction of sp³-hybridized carbons (Fsp3) is 0.312. The summed E-state index contributed by atoms with van der Waals surface area (Å²) >= 11 is 0. The van der Waals surface area contributed by atoms with Crippen molar-refractivity contribution in [2.75, 3.05) is 25.1 Å². The second-order valence-corrected chi connectivity index (χ2v) is 7.04. The zero-order valence-electron chi connectivity index (χ0n) is 12.2. The molecule has 1 aromatic carbocycles. The van der Waals surface area contributed by atoms with Crippen LogP contribution in [0.4, 0.5) is 0 Å². The molecule has 1 rings (SSSR count). The second kappa shape index (κ2) is 8.42. The first kappa shape index (κ1) is 17.2. The third kappa shape index (κ3) is 7.46. The van der Waals surface area contributed by atoms with Crippen LogP contribution in [0.3, 0.4) is 0 Å². The van der Waals surface area contributed by atoms with Gasteiger partial charge in [0.2, 0.25) is 5.91 Å². The highest BCUT2D eigenvalue weighted by Crippen LogP contribution is 2.03. The molecular weight excluding hydrogens is 286 g/mol. The molecular formula is C16H21NO3S. The summed E-state index contributed by atoms with van der Waals surface area (Å²) in [6.07, 6.45) is 6.59. The van der Waals surface area contributed by atoms with Gasteiger partial charge in [-0.1, -0.05) is 48.6 Å². The lowest BCUT2D eigenvalue weighted by Crippen LogP contribution is -2.32. The van der Waals surface area contributed by atoms with Crippen molar-refractivity contribution in [3.05, 3.63) is 54.6 Å². The Balaban J connectivity index is 2.58. The summed E-state index contributed by atoms with van der Waals surface area (Å²) in [6, 6.07) is 9.77. The maximum atomic E-state index is 12.0. The number of nitrogens with zero attached hydrogens (tertiary/aromatic N) is 1. The van der Waals surface area contributed by atoms with Gasteiger partial charge in [0.05, 0.1) is 5.75 Å². The topological polar surface area (TPSA) is 54.5 Å². The van der Waals surface area contributed by atoms with Crippen molar-refractivity contribution in [1.29, 1.82) is 0 Å². The highest BCUT2D eigenvalue weighted by atomic mass is 32.2. The van der Waals surface area contributed by atoms with Crippen LogP contribution in [0.1, 0.15) is 12.0 Å². The molecule has 0 aliphatic rings. The Hall–Kier alpha value is -1.88. The van der Waals surface area contributed by atoms with Crippen LogP contribution in [-0.2, 0) is 14.6 Å². The van der Waals surface area contributed by atoms with E-state index < -0.39 is 9.84 Å². The van der Waals surface area contributed by atoms with Gasteiger partial charge in [0, 0.05) is 25.8 Å². The molecule has 0 bridgehead atoms. The van der Waals surface area contributed by atoms with E-state index in [2.05, 4.69) is 6.58 Å². The van der Waals surface area contributed by atoms with E-state index in [1.807, 2.05) is 42.5 Å². The van der Waals surface area contributed by atoms with Crippen LogP contribution in [0.2, 0.25) is 0 Å². The summed E-state index contributed by atoms with van der Waals surface area (Å²) in [4.78, 5) is 13.6. The number of sulfone groups is 1. The lowest BCUT2D eigenvalue weighted by molar-refractivity contribution is -0.129. The van der Waals surface area contributed by atoms with Gasteiger partial charge in [-0.3, -0.25) is 4.79 Å². The molecule has 0 fully saturated rings. The molecule has 0 unspecified atom stereocenters. The smallest absolute Gasteiger partial charge is 0.224 e. The second-order valence-electron chi connectivity index (χ2n) is 4.78. The molecule has 0 aromatic heterocycles. The van der Waals surface area contributed by atoms with Crippen LogP contribution >= 0.6 is 0 Å². The van der Waals surface area contributed by atoms with E-state index >= 15 is 0 Å². The van der Waals surface area contributed by atoms with Gasteiger partial charge in [-0.15, -0.1) is 6.58 Å². The molecule has 0 heterocycles. The third-order valence-electron chi connectivity index (χ3n) is 2.82. The molecule has 0 saturated carbocycles. The predicted molar refractivity (Wildman–Crippen MR) is 86.6 cm³/mol. The molecule has 0 spiro atoms. The lowest BCUT2D eigenvalue weighted by atomic mass is 10.2. The van der Waals surface area contributed by atoms with E-state index in [0.29, 0.717) is 13.1 Å². The maximum Gasteiger partial charge on any atom is 0.224 e. The monoisotopic (exact) mass is 307 g/mol. The quantitative estimate of drug-likeness (QED) is 0.692. The summed E-state index contributed by atoms with van der Waals surface area (Å²) in [5.41, 5.74) is 1.06. The Morgan fingerprint density at radius 2 is 1.90 bits per heavy atom. The highest BCUT2D eigenvalue weighted by Gasteiger charge is 2.13. The standard InChI is InChI=1S/C16H21NO3S/c1-3-12-17(16(18)11-14-21(2,19)20)13-7-10-15-8-5-4-6-9-15/h3-10H,1,11-14H2,2H3. The lowest BCUT2D eigenvalue weighted by Gasteiger charge is -2.19. The average molecular weight is 307 g/mol. The number of amides is 1. The van der Waals surface area contributed by atoms with E-state index in [9.17, 15) is 13.2 Å². The molecule has 0 aliphatic heterocycles. The fourth-order valence-electron chi connectivity index (χ4n) is 1.75. The SMILES string of the molecule is C=CCN(CC=Cc1ccccc1)C(=O)CCS(C)(=O)=O. The molecule has 1 aromatic rings. The summed E-state index contributed by atoms with van der Waals surface area (Å²) in [7, 11) is -3.12. The Bertz CT molecular complexity index is 591. The molecule has 0 atom stereocenters. The Kier molecular flexibility index (Phi) is 6.88. The van der Waals surface area contributed by atoms with Crippen molar-refractivity contribution >= 4 is 21.8 Å². The van der Waals surface area contributed by atoms with Gasteiger partial charge in [0.25, 0.3) is 0 Å². The Morgan fingerprint density at radius 3 is 2.48 bits per heavy atom. The maximum absolute atomic E-state index is 12.0. The molecule has 0 N–H and O–H groups in total. The zero-order chi connectivity index (χ0) is 15.7. The molecule has 0 aliphatic carbocycles. The van der Waals surface area contributed by atoms with Gasteiger partial charge in [0.15, 0.2) is 0 Å². The predicted octanol–water partition coefficient (Wildman–Crippen LogP) is 2.15. The molecule has 1 amide bonds. The molecule has 4 nitrogen and oxygen atoms in total. The van der Waals surface area contributed by atoms with Crippen molar-refractivity contribution in [3.8, 4) is 0 Å². The van der Waals surface area contributed by atoms with Gasteiger partial charge in [-0.25, -0.2) is 8.42 Å². The van der Waals surface area contributed by atoms with Crippen LogP contribution in [0.5, 0.6) is 0 Å². The van der Waals surface area contributed by atoms with Crippen LogP contribution in [0.15, 0.2) is 49.1 Å². The number of rotatable bonds is 8. The van der Waals surface area contributed by atoms with E-state index in [0.717, 1.165) is 11.8 Å². The average Bonchev–Trinajstić information content (AvgIpc) is 2.44. The zero-order valence-corrected chi connectivity index (χ0v) is 13.1. The highest BCUT2D eigenvalue weighted by molar-refractivity contribution is 7.90. The van der Waals surface area contributed by atoms with E-state index in [4.69, 9.17) is 0 Å². The van der Waals surface area contributed by atoms with Crippen molar-refractivity contribution in [1.82, 2.24) is 4.90 Å². The minimum Gasteiger partial charge on any atom is -0.335 e. The largest absolute Gasteiger partial charge is 0.335 e. The summed E-state index contributed by atoms with van der Waals surface area (Å²) < 4.78 is 22.2. The number of carbonyl (C=O) groups excluding carboxylic acids is 1. The summed E-state index contributed by atoms with van der Waals surface area (Å²) in [5, 5.41) is 0. The number of hydrogen-bond acceptors (Lipinski definition) is 3. The Labute approximate surface area is 126 Å². The van der Waals surface area contributed by atoms with Crippen molar-refractivity contribution in [2.45, 2.75) is 6.42 Å². The van der Waals surface area contributed by atoms with Crippen LogP contribution < -0.4 is 0 Å². The van der Waals surface area contributed by atoms with Gasteiger partial charge in [0.1, 0.15) is 9.84 Å². The van der Waals surface area contributed by atoms with Gasteiger partial charge in [-0.05, 0) is 5.56 Å². The molecule has 0 radical (unpaired) electrons. The van der Waals surface area contributed by atoms with Gasteiger partial charge >= 0.3 is 0 Å². The number of benzene rings is 1.